The Bertz CT molecular complexity index is 1350. The summed E-state index contributed by atoms with van der Waals surface area (Å²) in [5.41, 5.74) is 6.92. The first-order valence-corrected chi connectivity index (χ1v) is 14.2. The van der Waals surface area contributed by atoms with E-state index in [2.05, 4.69) is 126 Å². The van der Waals surface area contributed by atoms with Crippen molar-refractivity contribution >= 4 is 10.9 Å². The molecule has 5 heteroatoms. The largest absolute Gasteiger partial charge is 0.497 e. The molecular formula is C34H44N4O. The molecule has 3 aromatic carbocycles. The summed E-state index contributed by atoms with van der Waals surface area (Å²) in [7, 11) is 8.49. The van der Waals surface area contributed by atoms with Crippen LogP contribution in [0.2, 0.25) is 0 Å². The second-order valence-corrected chi connectivity index (χ2v) is 11.4. The fourth-order valence-corrected chi connectivity index (χ4v) is 6.38. The average Bonchev–Trinajstić information content (AvgIpc) is 3.22. The average molecular weight is 525 g/mol. The maximum absolute atomic E-state index is 5.61. The zero-order valence-corrected chi connectivity index (χ0v) is 24.4. The molecule has 1 aliphatic rings. The number of piperidine rings is 1. The van der Waals surface area contributed by atoms with Crippen LogP contribution in [0.5, 0.6) is 5.75 Å². The lowest BCUT2D eigenvalue weighted by molar-refractivity contribution is 0.0503. The van der Waals surface area contributed by atoms with Gasteiger partial charge in [-0.05, 0) is 75.8 Å². The van der Waals surface area contributed by atoms with Crippen molar-refractivity contribution < 1.29 is 4.74 Å². The van der Waals surface area contributed by atoms with Crippen LogP contribution in [-0.2, 0) is 18.6 Å². The Morgan fingerprint density at radius 3 is 2.18 bits per heavy atom. The lowest BCUT2D eigenvalue weighted by Crippen LogP contribution is -2.51. The molecule has 0 aliphatic carbocycles. The molecule has 1 aliphatic heterocycles. The Kier molecular flexibility index (Phi) is 8.41. The van der Waals surface area contributed by atoms with Crippen LogP contribution < -0.4 is 4.74 Å². The molecule has 5 rings (SSSR count). The number of benzene rings is 3. The molecule has 0 bridgehead atoms. The van der Waals surface area contributed by atoms with E-state index >= 15 is 0 Å². The van der Waals surface area contributed by atoms with Gasteiger partial charge in [-0.15, -0.1) is 0 Å². The molecule has 0 radical (unpaired) electrons. The molecule has 2 heterocycles. The summed E-state index contributed by atoms with van der Waals surface area (Å²) in [6, 6.07) is 28.3. The number of nitrogens with zero attached hydrogens (tertiary/aromatic N) is 4. The molecule has 0 saturated carbocycles. The number of rotatable bonds is 10. The minimum Gasteiger partial charge on any atom is -0.497 e. The van der Waals surface area contributed by atoms with Gasteiger partial charge in [0.25, 0.3) is 0 Å². The molecule has 1 aromatic heterocycles. The summed E-state index contributed by atoms with van der Waals surface area (Å²) in [5, 5.41) is 1.30. The lowest BCUT2D eigenvalue weighted by Gasteiger charge is -2.47. The number of hydrogen-bond donors (Lipinski definition) is 0. The highest BCUT2D eigenvalue weighted by molar-refractivity contribution is 5.87. The molecule has 206 valence electrons. The van der Waals surface area contributed by atoms with Gasteiger partial charge in [0.15, 0.2) is 0 Å². The van der Waals surface area contributed by atoms with Crippen molar-refractivity contribution in [2.45, 2.75) is 38.4 Å². The van der Waals surface area contributed by atoms with Crippen LogP contribution in [0.25, 0.3) is 10.9 Å². The summed E-state index contributed by atoms with van der Waals surface area (Å²) >= 11 is 0. The smallest absolute Gasteiger partial charge is 0.119 e. The van der Waals surface area contributed by atoms with E-state index in [1.807, 2.05) is 0 Å². The van der Waals surface area contributed by atoms with E-state index in [-0.39, 0.29) is 5.54 Å². The number of fused-ring (bicyclic) bond motifs is 1. The normalized spacial score (nSPS) is 15.9. The van der Waals surface area contributed by atoms with Gasteiger partial charge in [0.05, 0.1) is 7.11 Å². The van der Waals surface area contributed by atoms with Crippen molar-refractivity contribution in [3.05, 3.63) is 101 Å². The Balaban J connectivity index is 1.27. The number of ether oxygens (including phenoxy) is 1. The summed E-state index contributed by atoms with van der Waals surface area (Å²) in [5.74, 6) is 0.916. The highest BCUT2D eigenvalue weighted by atomic mass is 16.5. The molecule has 1 fully saturated rings. The molecule has 0 unspecified atom stereocenters. The van der Waals surface area contributed by atoms with E-state index in [1.54, 1.807) is 7.11 Å². The first kappa shape index (κ1) is 27.4. The molecule has 0 spiro atoms. The first-order valence-electron chi connectivity index (χ1n) is 14.2. The van der Waals surface area contributed by atoms with E-state index in [4.69, 9.17) is 4.74 Å². The molecule has 0 atom stereocenters. The fourth-order valence-electron chi connectivity index (χ4n) is 6.38. The van der Waals surface area contributed by atoms with Crippen molar-refractivity contribution in [1.82, 2.24) is 19.3 Å². The van der Waals surface area contributed by atoms with Crippen molar-refractivity contribution in [2.24, 2.45) is 0 Å². The number of methoxy groups -OCH3 is 1. The molecule has 1 saturated heterocycles. The van der Waals surface area contributed by atoms with Gasteiger partial charge < -0.3 is 19.1 Å². The van der Waals surface area contributed by atoms with Gasteiger partial charge in [-0.3, -0.25) is 4.90 Å². The minimum atomic E-state index is 0.139. The van der Waals surface area contributed by atoms with Crippen LogP contribution in [0.15, 0.2) is 78.9 Å². The van der Waals surface area contributed by atoms with Crippen LogP contribution in [0.4, 0.5) is 0 Å². The predicted molar refractivity (Wildman–Crippen MR) is 163 cm³/mol. The van der Waals surface area contributed by atoms with Gasteiger partial charge in [-0.2, -0.15) is 0 Å². The van der Waals surface area contributed by atoms with E-state index in [0.29, 0.717) is 0 Å². The van der Waals surface area contributed by atoms with Gasteiger partial charge in [0.2, 0.25) is 0 Å². The number of aromatic nitrogens is 1. The van der Waals surface area contributed by atoms with E-state index in [9.17, 15) is 0 Å². The zero-order valence-electron chi connectivity index (χ0n) is 24.4. The molecule has 39 heavy (non-hydrogen) atoms. The first-order chi connectivity index (χ1) is 18.9. The standard InChI is InChI=1S/C34H44N4O/c1-27-32(31-24-30(39-5)16-17-33(31)38(27)25-28-12-8-6-9-13-28)26-36(4)22-23-37-20-18-34(19-21-37,35(2)3)29-14-10-7-11-15-29/h6-17,24H,18-23,25-26H2,1-5H3. The predicted octanol–water partition coefficient (Wildman–Crippen LogP) is 5.99. The van der Waals surface area contributed by atoms with Crippen molar-refractivity contribution in [3.63, 3.8) is 0 Å². The second kappa shape index (κ2) is 12.0. The Hall–Kier alpha value is -3.12. The van der Waals surface area contributed by atoms with Gasteiger partial charge in [-0.1, -0.05) is 60.7 Å². The summed E-state index contributed by atoms with van der Waals surface area (Å²) in [4.78, 5) is 7.57. The minimum absolute atomic E-state index is 0.139. The maximum Gasteiger partial charge on any atom is 0.119 e. The van der Waals surface area contributed by atoms with Crippen LogP contribution in [0, 0.1) is 6.92 Å². The monoisotopic (exact) mass is 524 g/mol. The third kappa shape index (κ3) is 5.76. The van der Waals surface area contributed by atoms with Gasteiger partial charge >= 0.3 is 0 Å². The molecule has 0 N–H and O–H groups in total. The quantitative estimate of drug-likeness (QED) is 0.254. The Labute approximate surface area is 234 Å². The highest BCUT2D eigenvalue weighted by Crippen LogP contribution is 2.37. The third-order valence-corrected chi connectivity index (χ3v) is 8.92. The van der Waals surface area contributed by atoms with Crippen LogP contribution in [0.3, 0.4) is 0 Å². The summed E-state index contributed by atoms with van der Waals surface area (Å²) < 4.78 is 8.07. The maximum atomic E-state index is 5.61. The van der Waals surface area contributed by atoms with Crippen LogP contribution >= 0.6 is 0 Å². The fraction of sp³-hybridized carbons (Fsp3) is 0.412. The third-order valence-electron chi connectivity index (χ3n) is 8.92. The van der Waals surface area contributed by atoms with E-state index in [0.717, 1.165) is 45.0 Å². The van der Waals surface area contributed by atoms with Crippen molar-refractivity contribution in [1.29, 1.82) is 0 Å². The number of hydrogen-bond acceptors (Lipinski definition) is 4. The summed E-state index contributed by atoms with van der Waals surface area (Å²) in [6.07, 6.45) is 2.33. The molecule has 4 aromatic rings. The molecule has 0 amide bonds. The van der Waals surface area contributed by atoms with Crippen molar-refractivity contribution in [3.8, 4) is 5.75 Å². The molecular weight excluding hydrogens is 480 g/mol. The van der Waals surface area contributed by atoms with Gasteiger partial charge in [-0.25, -0.2) is 0 Å². The van der Waals surface area contributed by atoms with E-state index < -0.39 is 0 Å². The van der Waals surface area contributed by atoms with Gasteiger partial charge in [0, 0.05) is 61.4 Å². The number of likely N-dealkylation sites (tertiary alicyclic amines) is 1. The summed E-state index contributed by atoms with van der Waals surface area (Å²) in [6.45, 7) is 8.49. The Morgan fingerprint density at radius 2 is 1.54 bits per heavy atom. The van der Waals surface area contributed by atoms with E-state index in [1.165, 1.54) is 46.1 Å². The number of likely N-dealkylation sites (N-methyl/N-ethyl adjacent to an activating group) is 1. The SMILES string of the molecule is COc1ccc2c(c1)c(CN(C)CCN1CCC(c3ccccc3)(N(C)C)CC1)c(C)n2Cc1ccccc1. The lowest BCUT2D eigenvalue weighted by atomic mass is 9.80. The zero-order chi connectivity index (χ0) is 27.4. The van der Waals surface area contributed by atoms with Crippen LogP contribution in [-0.4, -0.2) is 73.7 Å². The van der Waals surface area contributed by atoms with Crippen LogP contribution in [0.1, 0.15) is 35.2 Å². The topological polar surface area (TPSA) is 23.9 Å². The second-order valence-electron chi connectivity index (χ2n) is 11.4. The Morgan fingerprint density at radius 1 is 0.872 bits per heavy atom. The molecule has 5 nitrogen and oxygen atoms in total. The van der Waals surface area contributed by atoms with Gasteiger partial charge in [0.1, 0.15) is 5.75 Å². The van der Waals surface area contributed by atoms with Crippen molar-refractivity contribution in [2.75, 3.05) is 54.4 Å². The highest BCUT2D eigenvalue weighted by Gasteiger charge is 2.37.